The maximum absolute atomic E-state index is 12.7. The van der Waals surface area contributed by atoms with Gasteiger partial charge in [-0.3, -0.25) is 4.79 Å². The number of hydrogen-bond donors (Lipinski definition) is 2. The van der Waals surface area contributed by atoms with E-state index in [0.717, 1.165) is 11.3 Å². The Labute approximate surface area is 162 Å². The highest BCUT2D eigenvalue weighted by Crippen LogP contribution is 2.16. The minimum Gasteiger partial charge on any atom is -0.480 e. The normalized spacial score (nSPS) is 11.6. The zero-order chi connectivity index (χ0) is 19.6. The van der Waals surface area contributed by atoms with Gasteiger partial charge >= 0.3 is 5.97 Å². The molecule has 0 aliphatic carbocycles. The number of nitrogens with zero attached hydrogens (tertiary/aromatic N) is 1. The van der Waals surface area contributed by atoms with Crippen LogP contribution >= 0.6 is 11.6 Å². The zero-order valence-electron chi connectivity index (χ0n) is 14.8. The summed E-state index contributed by atoms with van der Waals surface area (Å²) >= 11 is 5.75. The first-order valence-corrected chi connectivity index (χ1v) is 9.13. The highest BCUT2D eigenvalue weighted by molar-refractivity contribution is 6.18. The average Bonchev–Trinajstić information content (AvgIpc) is 2.68. The van der Waals surface area contributed by atoms with E-state index in [1.54, 1.807) is 54.6 Å². The number of rotatable bonds is 10. The molecule has 1 amide bonds. The van der Waals surface area contributed by atoms with E-state index >= 15 is 0 Å². The van der Waals surface area contributed by atoms with Gasteiger partial charge in [0.2, 0.25) is 0 Å². The Morgan fingerprint density at radius 2 is 1.74 bits per heavy atom. The van der Waals surface area contributed by atoms with Gasteiger partial charge in [-0.15, -0.1) is 11.6 Å². The molecule has 0 aliphatic rings. The summed E-state index contributed by atoms with van der Waals surface area (Å²) in [5.41, 5.74) is 1.98. The van der Waals surface area contributed by atoms with E-state index in [1.807, 2.05) is 4.90 Å². The Hall–Kier alpha value is -2.60. The monoisotopic (exact) mass is 392 g/mol. The van der Waals surface area contributed by atoms with Crippen LogP contribution in [0.4, 0.5) is 10.1 Å². The summed E-state index contributed by atoms with van der Waals surface area (Å²) in [6, 6.07) is 14.6. The summed E-state index contributed by atoms with van der Waals surface area (Å²) in [7, 11) is 0. The predicted octanol–water partition coefficient (Wildman–Crippen LogP) is 3.13. The first-order chi connectivity index (χ1) is 13.0. The molecule has 0 saturated carbocycles. The number of alkyl halides is 2. The number of hydrogen-bond acceptors (Lipinski definition) is 3. The third-order valence-electron chi connectivity index (χ3n) is 4.09. The quantitative estimate of drug-likeness (QED) is 0.609. The molecule has 0 spiro atoms. The van der Waals surface area contributed by atoms with Crippen molar-refractivity contribution in [2.24, 2.45) is 0 Å². The number of halogens is 2. The second kappa shape index (κ2) is 10.5. The maximum Gasteiger partial charge on any atom is 0.326 e. The highest BCUT2D eigenvalue weighted by Gasteiger charge is 2.21. The number of nitrogens with one attached hydrogen (secondary N) is 1. The van der Waals surface area contributed by atoms with E-state index in [-0.39, 0.29) is 13.0 Å². The topological polar surface area (TPSA) is 69.6 Å². The molecule has 0 saturated heterocycles. The van der Waals surface area contributed by atoms with Crippen LogP contribution in [0.5, 0.6) is 0 Å². The Kier molecular flexibility index (Phi) is 8.07. The third-order valence-corrected chi connectivity index (χ3v) is 4.26. The molecule has 0 bridgehead atoms. The molecule has 27 heavy (non-hydrogen) atoms. The summed E-state index contributed by atoms with van der Waals surface area (Å²) < 4.78 is 12.7. The summed E-state index contributed by atoms with van der Waals surface area (Å²) in [4.78, 5) is 25.6. The molecule has 0 aromatic heterocycles. The number of carbonyl (C=O) groups is 2. The van der Waals surface area contributed by atoms with Crippen LogP contribution in [-0.4, -0.2) is 48.7 Å². The van der Waals surface area contributed by atoms with Crippen molar-refractivity contribution in [1.82, 2.24) is 5.32 Å². The highest BCUT2D eigenvalue weighted by atomic mass is 35.5. The molecule has 5 nitrogen and oxygen atoms in total. The molecule has 1 atom stereocenters. The second-order valence-electron chi connectivity index (χ2n) is 5.97. The van der Waals surface area contributed by atoms with Gasteiger partial charge in [-0.25, -0.2) is 9.18 Å². The van der Waals surface area contributed by atoms with Gasteiger partial charge in [-0.2, -0.15) is 0 Å². The molecule has 0 unspecified atom stereocenters. The van der Waals surface area contributed by atoms with E-state index < -0.39 is 24.6 Å². The van der Waals surface area contributed by atoms with Crippen molar-refractivity contribution in [3.05, 3.63) is 65.7 Å². The van der Waals surface area contributed by atoms with Crippen molar-refractivity contribution in [2.45, 2.75) is 12.5 Å². The fourth-order valence-corrected chi connectivity index (χ4v) is 2.89. The molecule has 2 N–H and O–H groups in total. The molecular weight excluding hydrogens is 371 g/mol. The van der Waals surface area contributed by atoms with Crippen LogP contribution in [0.15, 0.2) is 54.6 Å². The Balaban J connectivity index is 2.05. The van der Waals surface area contributed by atoms with Crippen molar-refractivity contribution in [3.63, 3.8) is 0 Å². The molecular formula is C20H22ClFN2O3. The van der Waals surface area contributed by atoms with Gasteiger partial charge in [-0.05, 0) is 29.8 Å². The summed E-state index contributed by atoms with van der Waals surface area (Å²) in [6.07, 6.45) is 0.146. The van der Waals surface area contributed by atoms with Crippen LogP contribution in [0.3, 0.4) is 0 Å². The summed E-state index contributed by atoms with van der Waals surface area (Å²) in [6.45, 7) is 0.290. The van der Waals surface area contributed by atoms with Crippen molar-refractivity contribution < 1.29 is 19.1 Å². The first-order valence-electron chi connectivity index (χ1n) is 8.59. The molecule has 144 valence electrons. The van der Waals surface area contributed by atoms with Gasteiger partial charge in [0, 0.05) is 36.6 Å². The maximum atomic E-state index is 12.7. The van der Waals surface area contributed by atoms with E-state index in [0.29, 0.717) is 18.0 Å². The lowest BCUT2D eigenvalue weighted by Gasteiger charge is -2.23. The largest absolute Gasteiger partial charge is 0.480 e. The first kappa shape index (κ1) is 20.7. The number of carboxylic acids is 1. The standard InChI is InChI=1S/C20H22ClFN2O3/c21-10-12-24(13-11-22)17-8-6-15(7-9-17)14-18(20(26)27)23-19(25)16-4-2-1-3-5-16/h1-9,18H,10-14H2,(H,23,25)(H,26,27)/t18-/m0/s1. The van der Waals surface area contributed by atoms with Crippen molar-refractivity contribution in [1.29, 1.82) is 0 Å². The minimum atomic E-state index is -1.11. The van der Waals surface area contributed by atoms with Gasteiger partial charge < -0.3 is 15.3 Å². The molecule has 2 aromatic rings. The van der Waals surface area contributed by atoms with Gasteiger partial charge in [0.15, 0.2) is 0 Å². The van der Waals surface area contributed by atoms with E-state index in [4.69, 9.17) is 11.6 Å². The number of aliphatic carboxylic acids is 1. The Bertz CT molecular complexity index is 735. The van der Waals surface area contributed by atoms with E-state index in [1.165, 1.54) is 0 Å². The fraction of sp³-hybridized carbons (Fsp3) is 0.300. The molecule has 7 heteroatoms. The predicted molar refractivity (Wildman–Crippen MR) is 104 cm³/mol. The molecule has 0 heterocycles. The third kappa shape index (κ3) is 6.25. The van der Waals surface area contributed by atoms with Crippen LogP contribution in [0, 0.1) is 0 Å². The second-order valence-corrected chi connectivity index (χ2v) is 6.34. The lowest BCUT2D eigenvalue weighted by Crippen LogP contribution is -2.42. The SMILES string of the molecule is O=C(N[C@@H](Cc1ccc(N(CCF)CCCl)cc1)C(=O)O)c1ccccc1. The van der Waals surface area contributed by atoms with Gasteiger partial charge in [0.1, 0.15) is 12.7 Å². The zero-order valence-corrected chi connectivity index (χ0v) is 15.5. The number of carboxylic acid groups (broad SMARTS) is 1. The van der Waals surface area contributed by atoms with Crippen LogP contribution in [0.1, 0.15) is 15.9 Å². The minimum absolute atomic E-state index is 0.146. The fourth-order valence-electron chi connectivity index (χ4n) is 2.68. The average molecular weight is 393 g/mol. The molecule has 2 rings (SSSR count). The number of carbonyl (C=O) groups excluding carboxylic acids is 1. The van der Waals surface area contributed by atoms with E-state index in [2.05, 4.69) is 5.32 Å². The Morgan fingerprint density at radius 3 is 2.30 bits per heavy atom. The summed E-state index contributed by atoms with van der Waals surface area (Å²) in [5, 5.41) is 12.0. The number of anilines is 1. The number of benzene rings is 2. The van der Waals surface area contributed by atoms with Crippen LogP contribution < -0.4 is 10.2 Å². The van der Waals surface area contributed by atoms with Gasteiger partial charge in [0.25, 0.3) is 5.91 Å². The summed E-state index contributed by atoms with van der Waals surface area (Å²) in [5.74, 6) is -1.16. The van der Waals surface area contributed by atoms with Crippen LogP contribution in [0.2, 0.25) is 0 Å². The van der Waals surface area contributed by atoms with Gasteiger partial charge in [0.05, 0.1) is 0 Å². The molecule has 0 fully saturated rings. The molecule has 0 radical (unpaired) electrons. The van der Waals surface area contributed by atoms with Crippen molar-refractivity contribution >= 4 is 29.2 Å². The molecule has 2 aromatic carbocycles. The molecule has 0 aliphatic heterocycles. The Morgan fingerprint density at radius 1 is 1.07 bits per heavy atom. The van der Waals surface area contributed by atoms with Gasteiger partial charge in [-0.1, -0.05) is 30.3 Å². The smallest absolute Gasteiger partial charge is 0.326 e. The van der Waals surface area contributed by atoms with Crippen LogP contribution in [0.25, 0.3) is 0 Å². The van der Waals surface area contributed by atoms with E-state index in [9.17, 15) is 19.1 Å². The van der Waals surface area contributed by atoms with Crippen molar-refractivity contribution in [3.8, 4) is 0 Å². The lowest BCUT2D eigenvalue weighted by atomic mass is 10.0. The van der Waals surface area contributed by atoms with Crippen LogP contribution in [-0.2, 0) is 11.2 Å². The van der Waals surface area contributed by atoms with Crippen molar-refractivity contribution in [2.75, 3.05) is 30.5 Å². The number of amides is 1. The lowest BCUT2D eigenvalue weighted by molar-refractivity contribution is -0.139.